The molecule has 0 atom stereocenters. The summed E-state index contributed by atoms with van der Waals surface area (Å²) in [6.07, 6.45) is 1.68. The molecule has 0 saturated carbocycles. The predicted molar refractivity (Wildman–Crippen MR) is 152 cm³/mol. The van der Waals surface area contributed by atoms with Gasteiger partial charge in [-0.15, -0.1) is 11.3 Å². The molecule has 0 spiro atoms. The van der Waals surface area contributed by atoms with Crippen LogP contribution >= 0.6 is 23.1 Å². The predicted octanol–water partition coefficient (Wildman–Crippen LogP) is 5.25. The number of rotatable bonds is 8. The minimum Gasteiger partial charge on any atom is -0.350 e. The van der Waals surface area contributed by atoms with Crippen molar-refractivity contribution in [3.05, 3.63) is 85.4 Å². The zero-order valence-electron chi connectivity index (χ0n) is 21.3. The molecule has 1 saturated heterocycles. The smallest absolute Gasteiger partial charge is 0.293 e. The van der Waals surface area contributed by atoms with Crippen molar-refractivity contribution >= 4 is 61.9 Å². The number of hydrogen-bond acceptors (Lipinski definition) is 7. The molecule has 1 aliphatic rings. The van der Waals surface area contributed by atoms with E-state index >= 15 is 0 Å². The topological polar surface area (TPSA) is 113 Å². The Labute approximate surface area is 230 Å². The number of carbonyl (C=O) groups excluding carboxylic acids is 3. The van der Waals surface area contributed by atoms with Gasteiger partial charge in [-0.3, -0.25) is 24.0 Å². The molecule has 0 radical (unpaired) electrons. The van der Waals surface area contributed by atoms with E-state index in [1.165, 1.54) is 23.5 Å². The number of imide groups is 1. The Hall–Kier alpha value is -3.41. The van der Waals surface area contributed by atoms with Gasteiger partial charge in [0.25, 0.3) is 27.1 Å². The third-order valence-corrected chi connectivity index (χ3v) is 9.66. The van der Waals surface area contributed by atoms with E-state index < -0.39 is 27.1 Å². The van der Waals surface area contributed by atoms with Gasteiger partial charge in [0, 0.05) is 18.0 Å². The first kappa shape index (κ1) is 27.6. The number of thioether (sulfide) groups is 1. The molecule has 2 N–H and O–H groups in total. The largest absolute Gasteiger partial charge is 0.350 e. The highest BCUT2D eigenvalue weighted by Crippen LogP contribution is 2.33. The van der Waals surface area contributed by atoms with Crippen molar-refractivity contribution in [2.24, 2.45) is 0 Å². The molecule has 0 unspecified atom stereocenters. The number of nitrogens with one attached hydrogen (secondary N) is 2. The number of para-hydroxylation sites is 1. The first-order valence-corrected chi connectivity index (χ1v) is 14.9. The number of aryl methyl sites for hydroxylation is 2. The monoisotopic (exact) mass is 569 g/mol. The van der Waals surface area contributed by atoms with E-state index in [2.05, 4.69) is 10.0 Å². The number of anilines is 1. The van der Waals surface area contributed by atoms with Crippen LogP contribution in [0.3, 0.4) is 0 Å². The molecule has 3 aromatic rings. The van der Waals surface area contributed by atoms with Crippen molar-refractivity contribution < 1.29 is 22.8 Å². The minimum atomic E-state index is -3.99. The molecule has 2 aromatic carbocycles. The first-order chi connectivity index (χ1) is 18.0. The SMILES string of the molecule is Cc1cc(C)c(C)c(S(=O)(=O)Nc2ccccc2C(=O)NCCN2C(=O)S/C(=C\c3cccs3)C2=O)c1C. The summed E-state index contributed by atoms with van der Waals surface area (Å²) in [6.45, 7) is 7.24. The summed E-state index contributed by atoms with van der Waals surface area (Å²) in [5.41, 5.74) is 3.27. The highest BCUT2D eigenvalue weighted by Gasteiger charge is 2.34. The highest BCUT2D eigenvalue weighted by atomic mass is 32.2. The zero-order chi connectivity index (χ0) is 27.6. The number of sulfonamides is 1. The molecular formula is C27H27N3O5S3. The standard InChI is InChI=1S/C27H27N3O5S3/c1-16-14-17(2)19(4)24(18(16)3)38(34,35)29-22-10-6-5-9-21(22)25(31)28-11-12-30-26(32)23(37-27(30)33)15-20-8-7-13-36-20/h5-10,13-15,29H,11-12H2,1-4H3,(H,28,31)/b23-15-. The van der Waals surface area contributed by atoms with Crippen LogP contribution in [0.2, 0.25) is 0 Å². The van der Waals surface area contributed by atoms with Gasteiger partial charge in [-0.25, -0.2) is 8.42 Å². The Balaban J connectivity index is 1.46. The van der Waals surface area contributed by atoms with Crippen molar-refractivity contribution in [1.29, 1.82) is 0 Å². The maximum absolute atomic E-state index is 13.4. The lowest BCUT2D eigenvalue weighted by molar-refractivity contribution is -0.122. The van der Waals surface area contributed by atoms with Crippen molar-refractivity contribution in [2.45, 2.75) is 32.6 Å². The Kier molecular flexibility index (Phi) is 8.10. The van der Waals surface area contributed by atoms with Gasteiger partial charge in [0.2, 0.25) is 0 Å². The molecule has 0 bridgehead atoms. The molecule has 1 aliphatic heterocycles. The van der Waals surface area contributed by atoms with Gasteiger partial charge in [0.05, 0.1) is 21.1 Å². The maximum Gasteiger partial charge on any atom is 0.293 e. The van der Waals surface area contributed by atoms with E-state index in [4.69, 9.17) is 0 Å². The van der Waals surface area contributed by atoms with Crippen molar-refractivity contribution in [3.8, 4) is 0 Å². The van der Waals surface area contributed by atoms with E-state index in [-0.39, 0.29) is 29.2 Å². The van der Waals surface area contributed by atoms with Crippen molar-refractivity contribution in [1.82, 2.24) is 10.2 Å². The molecule has 3 amide bonds. The number of benzene rings is 2. The van der Waals surface area contributed by atoms with Gasteiger partial charge in [-0.2, -0.15) is 0 Å². The molecule has 38 heavy (non-hydrogen) atoms. The molecule has 1 fully saturated rings. The van der Waals surface area contributed by atoms with Crippen LogP contribution in [-0.4, -0.2) is 43.5 Å². The van der Waals surface area contributed by atoms with Gasteiger partial charge in [0.1, 0.15) is 0 Å². The zero-order valence-corrected chi connectivity index (χ0v) is 23.8. The summed E-state index contributed by atoms with van der Waals surface area (Å²) in [5, 5.41) is 4.17. The molecule has 11 heteroatoms. The van der Waals surface area contributed by atoms with Crippen molar-refractivity contribution in [2.75, 3.05) is 17.8 Å². The van der Waals surface area contributed by atoms with Crippen LogP contribution in [0.15, 0.2) is 57.6 Å². The van der Waals surface area contributed by atoms with Crippen LogP contribution < -0.4 is 10.0 Å². The fourth-order valence-corrected chi connectivity index (χ4v) is 7.41. The normalized spacial score (nSPS) is 14.8. The Morgan fingerprint density at radius 1 is 1.00 bits per heavy atom. The van der Waals surface area contributed by atoms with Crippen LogP contribution in [0.4, 0.5) is 10.5 Å². The quantitative estimate of drug-likeness (QED) is 0.359. The third-order valence-electron chi connectivity index (χ3n) is 6.29. The highest BCUT2D eigenvalue weighted by molar-refractivity contribution is 8.18. The summed E-state index contributed by atoms with van der Waals surface area (Å²) < 4.78 is 29.4. The lowest BCUT2D eigenvalue weighted by atomic mass is 10.0. The Morgan fingerprint density at radius 2 is 1.68 bits per heavy atom. The lowest BCUT2D eigenvalue weighted by Gasteiger charge is -2.18. The van der Waals surface area contributed by atoms with Gasteiger partial charge in [0.15, 0.2) is 0 Å². The molecule has 8 nitrogen and oxygen atoms in total. The second kappa shape index (κ2) is 11.1. The van der Waals surface area contributed by atoms with E-state index in [1.807, 2.05) is 37.4 Å². The average Bonchev–Trinajstić information content (AvgIpc) is 3.46. The fourth-order valence-electron chi connectivity index (χ4n) is 4.12. The van der Waals surface area contributed by atoms with Crippen LogP contribution in [0.1, 0.15) is 37.5 Å². The van der Waals surface area contributed by atoms with Crippen LogP contribution in [0.25, 0.3) is 6.08 Å². The summed E-state index contributed by atoms with van der Waals surface area (Å²) >= 11 is 2.32. The number of hydrogen-bond donors (Lipinski definition) is 2. The number of nitrogens with zero attached hydrogens (tertiary/aromatic N) is 1. The summed E-state index contributed by atoms with van der Waals surface area (Å²) in [4.78, 5) is 40.5. The number of amides is 3. The van der Waals surface area contributed by atoms with Crippen LogP contribution in [0, 0.1) is 27.7 Å². The third kappa shape index (κ3) is 5.69. The second-order valence-electron chi connectivity index (χ2n) is 8.85. The minimum absolute atomic E-state index is 0.00691. The Bertz CT molecular complexity index is 1530. The second-order valence-corrected chi connectivity index (χ2v) is 12.4. The molecule has 0 aliphatic carbocycles. The van der Waals surface area contributed by atoms with Gasteiger partial charge in [-0.1, -0.05) is 24.3 Å². The summed E-state index contributed by atoms with van der Waals surface area (Å²) in [7, 11) is -3.99. The fraction of sp³-hybridized carbons (Fsp3) is 0.222. The first-order valence-electron chi connectivity index (χ1n) is 11.8. The van der Waals surface area contributed by atoms with E-state index in [0.717, 1.165) is 32.7 Å². The average molecular weight is 570 g/mol. The summed E-state index contributed by atoms with van der Waals surface area (Å²) in [6, 6.07) is 12.0. The molecular weight excluding hydrogens is 543 g/mol. The number of thiophene rings is 1. The van der Waals surface area contributed by atoms with Crippen LogP contribution in [0.5, 0.6) is 0 Å². The van der Waals surface area contributed by atoms with Crippen molar-refractivity contribution in [3.63, 3.8) is 0 Å². The molecule has 4 rings (SSSR count). The molecule has 1 aromatic heterocycles. The van der Waals surface area contributed by atoms with Gasteiger partial charge >= 0.3 is 0 Å². The molecule has 2 heterocycles. The van der Waals surface area contributed by atoms with Gasteiger partial charge < -0.3 is 5.32 Å². The van der Waals surface area contributed by atoms with E-state index in [0.29, 0.717) is 16.0 Å². The lowest BCUT2D eigenvalue weighted by Crippen LogP contribution is -2.37. The molecule has 198 valence electrons. The summed E-state index contributed by atoms with van der Waals surface area (Å²) in [5.74, 6) is -0.937. The maximum atomic E-state index is 13.4. The van der Waals surface area contributed by atoms with Crippen LogP contribution in [-0.2, 0) is 14.8 Å². The van der Waals surface area contributed by atoms with Gasteiger partial charge in [-0.05, 0) is 91.4 Å². The number of carbonyl (C=O) groups is 3. The van der Waals surface area contributed by atoms with E-state index in [9.17, 15) is 22.8 Å². The Morgan fingerprint density at radius 3 is 2.34 bits per heavy atom. The van der Waals surface area contributed by atoms with E-state index in [1.54, 1.807) is 32.1 Å².